The summed E-state index contributed by atoms with van der Waals surface area (Å²) in [5, 5.41) is 10.9. The first-order valence-electron chi connectivity index (χ1n) is 7.16. The molecule has 3 rings (SSSR count). The van der Waals surface area contributed by atoms with Crippen molar-refractivity contribution in [3.63, 3.8) is 0 Å². The lowest BCUT2D eigenvalue weighted by Gasteiger charge is -2.15. The molecule has 2 aromatic carbocycles. The van der Waals surface area contributed by atoms with Gasteiger partial charge in [-0.1, -0.05) is 41.9 Å². The van der Waals surface area contributed by atoms with Gasteiger partial charge in [0.15, 0.2) is 0 Å². The molecule has 116 valence electrons. The summed E-state index contributed by atoms with van der Waals surface area (Å²) in [6.07, 6.45) is 0. The highest BCUT2D eigenvalue weighted by Crippen LogP contribution is 2.37. The molecule has 0 radical (unpaired) electrons. The number of aromatic nitrogens is 1. The Morgan fingerprint density at radius 1 is 1.22 bits per heavy atom. The van der Waals surface area contributed by atoms with Crippen LogP contribution in [0.2, 0.25) is 5.02 Å². The fourth-order valence-electron chi connectivity index (χ4n) is 2.56. The monoisotopic (exact) mass is 327 g/mol. The number of rotatable bonds is 4. The number of pyridine rings is 1. The first kappa shape index (κ1) is 15.3. The lowest BCUT2D eigenvalue weighted by molar-refractivity contribution is 0.0692. The minimum absolute atomic E-state index is 0.0489. The molecule has 0 unspecified atom stereocenters. The van der Waals surface area contributed by atoms with Crippen LogP contribution in [0.4, 0.5) is 0 Å². The third-order valence-corrected chi connectivity index (χ3v) is 3.71. The van der Waals surface area contributed by atoms with Crippen molar-refractivity contribution in [1.82, 2.24) is 4.98 Å². The number of benzene rings is 2. The lowest BCUT2D eigenvalue weighted by Crippen LogP contribution is -2.08. The molecule has 1 heterocycles. The van der Waals surface area contributed by atoms with Crippen molar-refractivity contribution >= 4 is 28.5 Å². The molecule has 1 aromatic heterocycles. The van der Waals surface area contributed by atoms with Crippen LogP contribution in [-0.4, -0.2) is 22.7 Å². The SMILES string of the molecule is CCOc1nc2ccc(Cl)cc2c(-c2ccccc2)c1C(=O)O. The second-order valence-electron chi connectivity index (χ2n) is 4.93. The molecule has 0 spiro atoms. The zero-order valence-electron chi connectivity index (χ0n) is 12.4. The first-order chi connectivity index (χ1) is 11.1. The van der Waals surface area contributed by atoms with E-state index >= 15 is 0 Å². The van der Waals surface area contributed by atoms with E-state index in [-0.39, 0.29) is 11.4 Å². The van der Waals surface area contributed by atoms with E-state index in [0.717, 1.165) is 5.56 Å². The van der Waals surface area contributed by atoms with E-state index in [9.17, 15) is 9.90 Å². The van der Waals surface area contributed by atoms with Gasteiger partial charge in [0.2, 0.25) is 5.88 Å². The summed E-state index contributed by atoms with van der Waals surface area (Å²) < 4.78 is 5.47. The number of ether oxygens (including phenoxy) is 1. The highest BCUT2D eigenvalue weighted by molar-refractivity contribution is 6.31. The van der Waals surface area contributed by atoms with E-state index in [4.69, 9.17) is 16.3 Å². The number of carbonyl (C=O) groups is 1. The van der Waals surface area contributed by atoms with Crippen LogP contribution in [0, 0.1) is 0 Å². The van der Waals surface area contributed by atoms with E-state index < -0.39 is 5.97 Å². The number of aromatic carboxylic acids is 1. The van der Waals surface area contributed by atoms with Gasteiger partial charge in [-0.25, -0.2) is 9.78 Å². The summed E-state index contributed by atoms with van der Waals surface area (Å²) in [4.78, 5) is 16.2. The molecule has 3 aromatic rings. The normalized spacial score (nSPS) is 10.7. The predicted octanol–water partition coefficient (Wildman–Crippen LogP) is 4.65. The Bertz CT molecular complexity index is 878. The Balaban J connectivity index is 2.46. The summed E-state index contributed by atoms with van der Waals surface area (Å²) in [5.41, 5.74) is 2.03. The number of halogens is 1. The number of hydrogen-bond donors (Lipinski definition) is 1. The van der Waals surface area contributed by atoms with Crippen LogP contribution >= 0.6 is 11.6 Å². The van der Waals surface area contributed by atoms with Gasteiger partial charge in [-0.05, 0) is 30.7 Å². The van der Waals surface area contributed by atoms with Crippen LogP contribution in [0.15, 0.2) is 48.5 Å². The molecule has 0 aliphatic heterocycles. The van der Waals surface area contributed by atoms with Gasteiger partial charge in [0.1, 0.15) is 5.56 Å². The van der Waals surface area contributed by atoms with Gasteiger partial charge >= 0.3 is 5.97 Å². The average Bonchev–Trinajstić information content (AvgIpc) is 2.55. The van der Waals surface area contributed by atoms with Crippen molar-refractivity contribution < 1.29 is 14.6 Å². The number of carboxylic acids is 1. The number of fused-ring (bicyclic) bond motifs is 1. The number of carboxylic acid groups (broad SMARTS) is 1. The Morgan fingerprint density at radius 2 is 1.96 bits per heavy atom. The minimum atomic E-state index is -1.08. The Hall–Kier alpha value is -2.59. The first-order valence-corrected chi connectivity index (χ1v) is 7.54. The zero-order chi connectivity index (χ0) is 16.4. The fraction of sp³-hybridized carbons (Fsp3) is 0.111. The van der Waals surface area contributed by atoms with Crippen molar-refractivity contribution in [1.29, 1.82) is 0 Å². The van der Waals surface area contributed by atoms with Gasteiger partial charge in [-0.15, -0.1) is 0 Å². The van der Waals surface area contributed by atoms with Crippen molar-refractivity contribution in [2.24, 2.45) is 0 Å². The molecule has 0 aliphatic carbocycles. The minimum Gasteiger partial charge on any atom is -0.477 e. The molecule has 0 bridgehead atoms. The molecule has 23 heavy (non-hydrogen) atoms. The smallest absolute Gasteiger partial charge is 0.341 e. The Morgan fingerprint density at radius 3 is 2.61 bits per heavy atom. The summed E-state index contributed by atoms with van der Waals surface area (Å²) in [7, 11) is 0. The van der Waals surface area contributed by atoms with E-state index in [1.54, 1.807) is 25.1 Å². The number of nitrogens with zero attached hydrogens (tertiary/aromatic N) is 1. The zero-order valence-corrected chi connectivity index (χ0v) is 13.2. The van der Waals surface area contributed by atoms with Crippen LogP contribution in [0.5, 0.6) is 5.88 Å². The second-order valence-corrected chi connectivity index (χ2v) is 5.37. The maximum Gasteiger partial charge on any atom is 0.341 e. The molecular weight excluding hydrogens is 314 g/mol. The molecule has 0 atom stereocenters. The fourth-order valence-corrected chi connectivity index (χ4v) is 2.73. The van der Waals surface area contributed by atoms with Gasteiger partial charge in [0.25, 0.3) is 0 Å². The van der Waals surface area contributed by atoms with Gasteiger partial charge in [0.05, 0.1) is 12.1 Å². The lowest BCUT2D eigenvalue weighted by atomic mass is 9.96. The maximum atomic E-state index is 11.9. The maximum absolute atomic E-state index is 11.9. The quantitative estimate of drug-likeness (QED) is 0.757. The second kappa shape index (κ2) is 6.26. The molecule has 0 amide bonds. The van der Waals surface area contributed by atoms with Crippen molar-refractivity contribution in [2.75, 3.05) is 6.61 Å². The predicted molar refractivity (Wildman–Crippen MR) is 90.3 cm³/mol. The van der Waals surface area contributed by atoms with Crippen LogP contribution in [0.1, 0.15) is 17.3 Å². The van der Waals surface area contributed by atoms with Gasteiger partial charge in [-0.3, -0.25) is 0 Å². The largest absolute Gasteiger partial charge is 0.477 e. The van der Waals surface area contributed by atoms with Crippen molar-refractivity contribution in [3.05, 3.63) is 59.1 Å². The number of hydrogen-bond acceptors (Lipinski definition) is 3. The van der Waals surface area contributed by atoms with Crippen molar-refractivity contribution in [2.45, 2.75) is 6.92 Å². The third kappa shape index (κ3) is 2.85. The van der Waals surface area contributed by atoms with Gasteiger partial charge in [0, 0.05) is 16.0 Å². The Kier molecular flexibility index (Phi) is 4.17. The third-order valence-electron chi connectivity index (χ3n) is 3.47. The molecule has 0 aliphatic rings. The molecule has 5 heteroatoms. The van der Waals surface area contributed by atoms with Crippen LogP contribution in [-0.2, 0) is 0 Å². The van der Waals surface area contributed by atoms with Crippen molar-refractivity contribution in [3.8, 4) is 17.0 Å². The Labute approximate surface area is 138 Å². The van der Waals surface area contributed by atoms with Gasteiger partial charge < -0.3 is 9.84 Å². The molecule has 0 saturated heterocycles. The summed E-state index contributed by atoms with van der Waals surface area (Å²) >= 11 is 6.10. The molecule has 1 N–H and O–H groups in total. The topological polar surface area (TPSA) is 59.4 Å². The molecule has 0 saturated carbocycles. The molecule has 4 nitrogen and oxygen atoms in total. The highest BCUT2D eigenvalue weighted by atomic mass is 35.5. The van der Waals surface area contributed by atoms with Gasteiger partial charge in [-0.2, -0.15) is 0 Å². The average molecular weight is 328 g/mol. The van der Waals surface area contributed by atoms with E-state index in [2.05, 4.69) is 4.98 Å². The van der Waals surface area contributed by atoms with E-state index in [1.807, 2.05) is 30.3 Å². The van der Waals surface area contributed by atoms with Crippen LogP contribution < -0.4 is 4.74 Å². The summed E-state index contributed by atoms with van der Waals surface area (Å²) in [6.45, 7) is 2.13. The van der Waals surface area contributed by atoms with Crippen LogP contribution in [0.3, 0.4) is 0 Å². The standard InChI is InChI=1S/C18H14ClNO3/c1-2-23-17-16(18(21)22)15(11-6-4-3-5-7-11)13-10-12(19)8-9-14(13)20-17/h3-10H,2H2,1H3,(H,21,22). The summed E-state index contributed by atoms with van der Waals surface area (Å²) in [6, 6.07) is 14.5. The van der Waals surface area contributed by atoms with Crippen LogP contribution in [0.25, 0.3) is 22.0 Å². The molecular formula is C18H14ClNO3. The highest BCUT2D eigenvalue weighted by Gasteiger charge is 2.23. The molecule has 0 fully saturated rings. The van der Waals surface area contributed by atoms with E-state index in [0.29, 0.717) is 28.1 Å². The van der Waals surface area contributed by atoms with E-state index in [1.165, 1.54) is 0 Å². The summed E-state index contributed by atoms with van der Waals surface area (Å²) in [5.74, 6) is -0.963.